The van der Waals surface area contributed by atoms with Gasteiger partial charge in [0.25, 0.3) is 0 Å². The Labute approximate surface area is 108 Å². The second-order valence-corrected chi connectivity index (χ2v) is 7.47. The van der Waals surface area contributed by atoms with Gasteiger partial charge < -0.3 is 5.32 Å². The molecule has 2 aliphatic rings. The predicted molar refractivity (Wildman–Crippen MR) is 75.2 cm³/mol. The molecule has 2 atom stereocenters. The molecule has 0 bridgehead atoms. The topological polar surface area (TPSA) is 12.0 Å². The highest BCUT2D eigenvalue weighted by molar-refractivity contribution is 4.82. The van der Waals surface area contributed by atoms with Gasteiger partial charge in [-0.25, -0.2) is 0 Å². The molecule has 17 heavy (non-hydrogen) atoms. The van der Waals surface area contributed by atoms with Crippen molar-refractivity contribution < 1.29 is 0 Å². The summed E-state index contributed by atoms with van der Waals surface area (Å²) in [5.74, 6) is 1.95. The highest BCUT2D eigenvalue weighted by atomic mass is 14.9. The third kappa shape index (κ3) is 3.98. The van der Waals surface area contributed by atoms with Crippen LogP contribution in [0.1, 0.15) is 72.1 Å². The van der Waals surface area contributed by atoms with Crippen molar-refractivity contribution in [1.29, 1.82) is 0 Å². The Hall–Kier alpha value is -0.0400. The van der Waals surface area contributed by atoms with E-state index in [1.807, 2.05) is 0 Å². The van der Waals surface area contributed by atoms with Gasteiger partial charge in [0.1, 0.15) is 0 Å². The Morgan fingerprint density at radius 1 is 0.882 bits per heavy atom. The molecule has 1 heteroatoms. The maximum absolute atomic E-state index is 3.84. The van der Waals surface area contributed by atoms with Gasteiger partial charge in [0.2, 0.25) is 0 Å². The van der Waals surface area contributed by atoms with E-state index in [0.717, 1.165) is 17.9 Å². The van der Waals surface area contributed by atoms with Crippen LogP contribution in [-0.4, -0.2) is 12.6 Å². The van der Waals surface area contributed by atoms with Gasteiger partial charge in [0.05, 0.1) is 0 Å². The molecule has 0 amide bonds. The SMILES string of the molecule is CC(C)(C)C1CCCC(NCC2CCC2)CC1. The normalized spacial score (nSPS) is 31.9. The number of hydrogen-bond acceptors (Lipinski definition) is 1. The fourth-order valence-electron chi connectivity index (χ4n) is 3.40. The molecule has 2 aliphatic carbocycles. The molecule has 2 rings (SSSR count). The summed E-state index contributed by atoms with van der Waals surface area (Å²) in [5.41, 5.74) is 0.517. The monoisotopic (exact) mass is 237 g/mol. The lowest BCUT2D eigenvalue weighted by Gasteiger charge is -2.30. The molecule has 100 valence electrons. The Balaban J connectivity index is 1.71. The van der Waals surface area contributed by atoms with Crippen molar-refractivity contribution >= 4 is 0 Å². The Morgan fingerprint density at radius 2 is 1.59 bits per heavy atom. The molecule has 0 spiro atoms. The van der Waals surface area contributed by atoms with Crippen molar-refractivity contribution in [3.8, 4) is 0 Å². The van der Waals surface area contributed by atoms with Crippen LogP contribution < -0.4 is 5.32 Å². The first-order valence-electron chi connectivity index (χ1n) is 7.79. The summed E-state index contributed by atoms with van der Waals surface area (Å²) in [7, 11) is 0. The second-order valence-electron chi connectivity index (χ2n) is 7.47. The summed E-state index contributed by atoms with van der Waals surface area (Å²) < 4.78 is 0. The van der Waals surface area contributed by atoms with E-state index in [2.05, 4.69) is 26.1 Å². The van der Waals surface area contributed by atoms with Gasteiger partial charge in [0, 0.05) is 6.04 Å². The minimum atomic E-state index is 0.517. The first-order chi connectivity index (χ1) is 8.05. The van der Waals surface area contributed by atoms with Crippen molar-refractivity contribution in [2.75, 3.05) is 6.54 Å². The van der Waals surface area contributed by atoms with E-state index in [4.69, 9.17) is 0 Å². The molecule has 0 aliphatic heterocycles. The molecule has 1 nitrogen and oxygen atoms in total. The van der Waals surface area contributed by atoms with Gasteiger partial charge in [-0.15, -0.1) is 0 Å². The molecule has 0 heterocycles. The molecular formula is C16H31N. The molecule has 0 aromatic rings. The Morgan fingerprint density at radius 3 is 2.18 bits per heavy atom. The molecule has 2 unspecified atom stereocenters. The van der Waals surface area contributed by atoms with E-state index in [1.165, 1.54) is 57.9 Å². The first kappa shape index (κ1) is 13.4. The average Bonchev–Trinajstić information content (AvgIpc) is 2.39. The van der Waals surface area contributed by atoms with Crippen LogP contribution in [0.5, 0.6) is 0 Å². The van der Waals surface area contributed by atoms with E-state index in [9.17, 15) is 0 Å². The summed E-state index contributed by atoms with van der Waals surface area (Å²) >= 11 is 0. The summed E-state index contributed by atoms with van der Waals surface area (Å²) in [6, 6.07) is 0.822. The van der Waals surface area contributed by atoms with Crippen molar-refractivity contribution in [2.45, 2.75) is 78.2 Å². The van der Waals surface area contributed by atoms with E-state index < -0.39 is 0 Å². The molecule has 2 fully saturated rings. The van der Waals surface area contributed by atoms with Crippen LogP contribution in [0.2, 0.25) is 0 Å². The van der Waals surface area contributed by atoms with Crippen LogP contribution in [-0.2, 0) is 0 Å². The number of rotatable bonds is 3. The van der Waals surface area contributed by atoms with E-state index in [-0.39, 0.29) is 0 Å². The van der Waals surface area contributed by atoms with Gasteiger partial charge >= 0.3 is 0 Å². The lowest BCUT2D eigenvalue weighted by Crippen LogP contribution is -2.35. The van der Waals surface area contributed by atoms with Crippen molar-refractivity contribution in [2.24, 2.45) is 17.3 Å². The summed E-state index contributed by atoms with van der Waals surface area (Å²) in [5, 5.41) is 3.84. The van der Waals surface area contributed by atoms with Gasteiger partial charge in [-0.3, -0.25) is 0 Å². The lowest BCUT2D eigenvalue weighted by atomic mass is 9.76. The predicted octanol–water partition coefficient (Wildman–Crippen LogP) is 4.37. The van der Waals surface area contributed by atoms with E-state index >= 15 is 0 Å². The third-order valence-corrected chi connectivity index (χ3v) is 5.11. The highest BCUT2D eigenvalue weighted by Crippen LogP contribution is 2.37. The Kier molecular flexibility index (Phi) is 4.52. The molecule has 0 saturated heterocycles. The van der Waals surface area contributed by atoms with Crippen LogP contribution >= 0.6 is 0 Å². The van der Waals surface area contributed by atoms with Gasteiger partial charge in [-0.05, 0) is 62.3 Å². The summed E-state index contributed by atoms with van der Waals surface area (Å²) in [6.07, 6.45) is 11.6. The Bertz CT molecular complexity index is 224. The first-order valence-corrected chi connectivity index (χ1v) is 7.79. The van der Waals surface area contributed by atoms with Crippen LogP contribution in [0.3, 0.4) is 0 Å². The third-order valence-electron chi connectivity index (χ3n) is 5.11. The smallest absolute Gasteiger partial charge is 0.00672 e. The average molecular weight is 237 g/mol. The van der Waals surface area contributed by atoms with Gasteiger partial charge in [-0.2, -0.15) is 0 Å². The zero-order chi connectivity index (χ0) is 12.3. The van der Waals surface area contributed by atoms with E-state index in [0.29, 0.717) is 5.41 Å². The standard InChI is InChI=1S/C16H31N/c1-16(2,3)14-8-5-9-15(11-10-14)17-12-13-6-4-7-13/h13-15,17H,4-12H2,1-3H3. The van der Waals surface area contributed by atoms with E-state index in [1.54, 1.807) is 0 Å². The molecule has 0 aromatic carbocycles. The fraction of sp³-hybridized carbons (Fsp3) is 1.00. The molecule has 1 N–H and O–H groups in total. The van der Waals surface area contributed by atoms with Crippen molar-refractivity contribution in [1.82, 2.24) is 5.32 Å². The van der Waals surface area contributed by atoms with Crippen molar-refractivity contribution in [3.63, 3.8) is 0 Å². The zero-order valence-corrected chi connectivity index (χ0v) is 12.1. The zero-order valence-electron chi connectivity index (χ0n) is 12.1. The fourth-order valence-corrected chi connectivity index (χ4v) is 3.40. The minimum Gasteiger partial charge on any atom is -0.314 e. The minimum absolute atomic E-state index is 0.517. The molecule has 2 saturated carbocycles. The number of nitrogens with one attached hydrogen (secondary N) is 1. The summed E-state index contributed by atoms with van der Waals surface area (Å²) in [6.45, 7) is 8.55. The molecule has 0 aromatic heterocycles. The van der Waals surface area contributed by atoms with Crippen LogP contribution in [0.15, 0.2) is 0 Å². The molecular weight excluding hydrogens is 206 g/mol. The van der Waals surface area contributed by atoms with Crippen LogP contribution in [0.25, 0.3) is 0 Å². The van der Waals surface area contributed by atoms with Crippen LogP contribution in [0.4, 0.5) is 0 Å². The van der Waals surface area contributed by atoms with Gasteiger partial charge in [-0.1, -0.05) is 33.6 Å². The van der Waals surface area contributed by atoms with Gasteiger partial charge in [0.15, 0.2) is 0 Å². The van der Waals surface area contributed by atoms with Crippen LogP contribution in [0, 0.1) is 17.3 Å². The second kappa shape index (κ2) is 5.73. The quantitative estimate of drug-likeness (QED) is 0.719. The van der Waals surface area contributed by atoms with Crippen molar-refractivity contribution in [3.05, 3.63) is 0 Å². The lowest BCUT2D eigenvalue weighted by molar-refractivity contribution is 0.212. The largest absolute Gasteiger partial charge is 0.314 e. The maximum atomic E-state index is 3.84. The number of hydrogen-bond donors (Lipinski definition) is 1. The summed E-state index contributed by atoms with van der Waals surface area (Å²) in [4.78, 5) is 0. The highest BCUT2D eigenvalue weighted by Gasteiger charge is 2.28. The maximum Gasteiger partial charge on any atom is 0.00672 e. The molecule has 0 radical (unpaired) electrons.